The molecule has 0 aliphatic heterocycles. The smallest absolute Gasteiger partial charge is 0.345 e. The Morgan fingerprint density at radius 1 is 1.10 bits per heavy atom. The number of pyridine rings is 2. The normalized spacial score (nSPS) is 10.7. The summed E-state index contributed by atoms with van der Waals surface area (Å²) in [5.74, 6) is 0.718. The van der Waals surface area contributed by atoms with E-state index in [0.29, 0.717) is 40.3 Å². The number of nitrogens with zero attached hydrogens (tertiary/aromatic N) is 2. The van der Waals surface area contributed by atoms with Gasteiger partial charge >= 0.3 is 5.63 Å². The van der Waals surface area contributed by atoms with Crippen molar-refractivity contribution in [3.63, 3.8) is 0 Å². The van der Waals surface area contributed by atoms with Crippen LogP contribution in [0.3, 0.4) is 0 Å². The molecule has 0 atom stereocenters. The molecule has 3 aromatic heterocycles. The first-order chi connectivity index (χ1) is 14.2. The number of hydrogen-bond acceptors (Lipinski definition) is 7. The number of hydrogen-bond donors (Lipinski definition) is 0. The predicted octanol–water partition coefficient (Wildman–Crippen LogP) is 3.65. The molecule has 29 heavy (non-hydrogen) atoms. The van der Waals surface area contributed by atoms with Crippen LogP contribution >= 0.6 is 0 Å². The third-order valence-electron chi connectivity index (χ3n) is 4.35. The Morgan fingerprint density at radius 3 is 2.83 bits per heavy atom. The fraction of sp³-hybridized carbons (Fsp3) is 0.0909. The van der Waals surface area contributed by atoms with Gasteiger partial charge in [-0.2, -0.15) is 0 Å². The Hall–Kier alpha value is -4.00. The zero-order valence-electron chi connectivity index (χ0n) is 15.5. The van der Waals surface area contributed by atoms with E-state index in [9.17, 15) is 9.59 Å². The summed E-state index contributed by atoms with van der Waals surface area (Å²) in [7, 11) is 1.49. The van der Waals surface area contributed by atoms with E-state index in [-0.39, 0.29) is 6.61 Å². The van der Waals surface area contributed by atoms with Gasteiger partial charge in [-0.05, 0) is 35.4 Å². The summed E-state index contributed by atoms with van der Waals surface area (Å²) in [6, 6.07) is 14.3. The van der Waals surface area contributed by atoms with E-state index < -0.39 is 5.63 Å². The van der Waals surface area contributed by atoms with E-state index in [2.05, 4.69) is 9.97 Å². The number of aldehydes is 1. The van der Waals surface area contributed by atoms with E-state index in [1.54, 1.807) is 24.4 Å². The highest BCUT2D eigenvalue weighted by atomic mass is 16.5. The van der Waals surface area contributed by atoms with Crippen LogP contribution in [-0.4, -0.2) is 23.4 Å². The molecule has 0 saturated carbocycles. The highest BCUT2D eigenvalue weighted by Crippen LogP contribution is 2.24. The van der Waals surface area contributed by atoms with Crippen LogP contribution in [0.1, 0.15) is 15.9 Å². The summed E-state index contributed by atoms with van der Waals surface area (Å²) in [5.41, 5.74) is 2.12. The van der Waals surface area contributed by atoms with Crippen molar-refractivity contribution < 1.29 is 18.7 Å². The Balaban J connectivity index is 1.63. The van der Waals surface area contributed by atoms with Gasteiger partial charge in [-0.25, -0.2) is 14.8 Å². The quantitative estimate of drug-likeness (QED) is 0.466. The maximum Gasteiger partial charge on any atom is 0.345 e. The summed E-state index contributed by atoms with van der Waals surface area (Å²) in [5, 5.41) is 0.739. The Kier molecular flexibility index (Phi) is 5.03. The lowest BCUT2D eigenvalue weighted by molar-refractivity contribution is 0.111. The van der Waals surface area contributed by atoms with Gasteiger partial charge in [0.2, 0.25) is 11.6 Å². The number of fused-ring (bicyclic) bond motifs is 1. The second kappa shape index (κ2) is 7.93. The van der Waals surface area contributed by atoms with Crippen molar-refractivity contribution >= 4 is 17.4 Å². The van der Waals surface area contributed by atoms with Crippen molar-refractivity contribution in [3.8, 4) is 22.8 Å². The summed E-state index contributed by atoms with van der Waals surface area (Å²) < 4.78 is 16.2. The number of benzene rings is 1. The number of aromatic nitrogens is 2. The zero-order valence-corrected chi connectivity index (χ0v) is 15.5. The summed E-state index contributed by atoms with van der Waals surface area (Å²) >= 11 is 0. The molecule has 7 nitrogen and oxygen atoms in total. The SMILES string of the molecule is COc1cc(OCc2cccc(-c3cc4cccnc4oc3=O)c2)c(C=O)cn1. The average molecular weight is 388 g/mol. The minimum atomic E-state index is -0.462. The lowest BCUT2D eigenvalue weighted by atomic mass is 10.0. The highest BCUT2D eigenvalue weighted by molar-refractivity contribution is 5.79. The van der Waals surface area contributed by atoms with Crippen molar-refractivity contribution in [1.82, 2.24) is 9.97 Å². The third kappa shape index (κ3) is 3.84. The molecule has 0 saturated heterocycles. The van der Waals surface area contributed by atoms with Crippen LogP contribution in [-0.2, 0) is 6.61 Å². The third-order valence-corrected chi connectivity index (χ3v) is 4.35. The number of ether oxygens (including phenoxy) is 2. The second-order valence-corrected chi connectivity index (χ2v) is 6.22. The van der Waals surface area contributed by atoms with Crippen LogP contribution in [0.15, 0.2) is 70.1 Å². The molecule has 0 radical (unpaired) electrons. The van der Waals surface area contributed by atoms with Gasteiger partial charge in [-0.15, -0.1) is 0 Å². The molecular weight excluding hydrogens is 372 g/mol. The predicted molar refractivity (Wildman–Crippen MR) is 106 cm³/mol. The molecule has 0 N–H and O–H groups in total. The van der Waals surface area contributed by atoms with Gasteiger partial charge in [0.15, 0.2) is 6.29 Å². The molecule has 4 aromatic rings. The minimum Gasteiger partial charge on any atom is -0.488 e. The van der Waals surface area contributed by atoms with Crippen molar-refractivity contribution in [2.24, 2.45) is 0 Å². The lowest BCUT2D eigenvalue weighted by Crippen LogP contribution is -2.04. The van der Waals surface area contributed by atoms with Crippen LogP contribution in [0.25, 0.3) is 22.2 Å². The topological polar surface area (TPSA) is 91.5 Å². The fourth-order valence-corrected chi connectivity index (χ4v) is 2.90. The van der Waals surface area contributed by atoms with Gasteiger partial charge in [0.05, 0.1) is 18.2 Å². The molecule has 1 aromatic carbocycles. The van der Waals surface area contributed by atoms with E-state index in [1.165, 1.54) is 13.3 Å². The Labute approximate surface area is 165 Å². The number of methoxy groups -OCH3 is 1. The first-order valence-corrected chi connectivity index (χ1v) is 8.78. The van der Waals surface area contributed by atoms with Crippen molar-refractivity contribution in [3.05, 3.63) is 82.5 Å². The van der Waals surface area contributed by atoms with Crippen molar-refractivity contribution in [1.29, 1.82) is 0 Å². The molecule has 144 valence electrons. The molecule has 3 heterocycles. The summed E-state index contributed by atoms with van der Waals surface area (Å²) in [6.45, 7) is 0.197. The van der Waals surface area contributed by atoms with Crippen LogP contribution in [0.4, 0.5) is 0 Å². The molecule has 0 unspecified atom stereocenters. The van der Waals surface area contributed by atoms with Crippen LogP contribution in [0.5, 0.6) is 11.6 Å². The Morgan fingerprint density at radius 2 is 2.00 bits per heavy atom. The molecular formula is C22H16N2O5. The Bertz CT molecular complexity index is 1250. The van der Waals surface area contributed by atoms with E-state index in [4.69, 9.17) is 13.9 Å². The molecule has 0 spiro atoms. The van der Waals surface area contributed by atoms with Gasteiger partial charge in [0, 0.05) is 23.8 Å². The molecule has 0 aliphatic rings. The zero-order chi connectivity index (χ0) is 20.2. The molecule has 0 fully saturated rings. The van der Waals surface area contributed by atoms with E-state index in [0.717, 1.165) is 10.9 Å². The summed E-state index contributed by atoms with van der Waals surface area (Å²) in [6.07, 6.45) is 3.64. The van der Waals surface area contributed by atoms with Crippen molar-refractivity contribution in [2.75, 3.05) is 7.11 Å². The number of rotatable bonds is 6. The standard InChI is InChI=1S/C22H16N2O5/c1-27-20-10-19(17(12-25)11-24-20)28-13-14-4-2-5-15(8-14)18-9-16-6-3-7-23-21(16)29-22(18)26/h2-12H,13H2,1H3. The van der Waals surface area contributed by atoms with Crippen molar-refractivity contribution in [2.45, 2.75) is 6.61 Å². The van der Waals surface area contributed by atoms with Crippen LogP contribution in [0.2, 0.25) is 0 Å². The largest absolute Gasteiger partial charge is 0.488 e. The van der Waals surface area contributed by atoms with Gasteiger partial charge in [-0.3, -0.25) is 4.79 Å². The average Bonchev–Trinajstić information content (AvgIpc) is 2.77. The molecule has 0 aliphatic carbocycles. The lowest BCUT2D eigenvalue weighted by Gasteiger charge is -2.10. The van der Waals surface area contributed by atoms with Crippen LogP contribution < -0.4 is 15.1 Å². The maximum atomic E-state index is 12.4. The first-order valence-electron chi connectivity index (χ1n) is 8.78. The fourth-order valence-electron chi connectivity index (χ4n) is 2.90. The summed E-state index contributed by atoms with van der Waals surface area (Å²) in [4.78, 5) is 31.6. The van der Waals surface area contributed by atoms with Gasteiger partial charge in [0.1, 0.15) is 12.4 Å². The first kappa shape index (κ1) is 18.4. The molecule has 7 heteroatoms. The van der Waals surface area contributed by atoms with Crippen LogP contribution in [0, 0.1) is 0 Å². The molecule has 0 bridgehead atoms. The number of carbonyl (C=O) groups is 1. The highest BCUT2D eigenvalue weighted by Gasteiger charge is 2.10. The van der Waals surface area contributed by atoms with Gasteiger partial charge < -0.3 is 13.9 Å². The minimum absolute atomic E-state index is 0.197. The molecule has 4 rings (SSSR count). The molecule has 0 amide bonds. The van der Waals surface area contributed by atoms with Gasteiger partial charge in [0.25, 0.3) is 0 Å². The van der Waals surface area contributed by atoms with Gasteiger partial charge in [-0.1, -0.05) is 18.2 Å². The maximum absolute atomic E-state index is 12.4. The van der Waals surface area contributed by atoms with E-state index >= 15 is 0 Å². The monoisotopic (exact) mass is 388 g/mol. The number of carbonyl (C=O) groups excluding carboxylic acids is 1. The second-order valence-electron chi connectivity index (χ2n) is 6.22. The van der Waals surface area contributed by atoms with E-state index in [1.807, 2.05) is 30.3 Å².